The second kappa shape index (κ2) is 5.94. The summed E-state index contributed by atoms with van der Waals surface area (Å²) in [6.45, 7) is 4.89. The lowest BCUT2D eigenvalue weighted by atomic mass is 10.3. The van der Waals surface area contributed by atoms with Crippen LogP contribution in [0.3, 0.4) is 0 Å². The molecule has 2 aromatic rings. The molecule has 0 bridgehead atoms. The van der Waals surface area contributed by atoms with E-state index in [2.05, 4.69) is 15.4 Å². The Balaban J connectivity index is 1.87. The Morgan fingerprint density at radius 3 is 2.55 bits per heavy atom. The van der Waals surface area contributed by atoms with E-state index in [1.54, 1.807) is 0 Å². The van der Waals surface area contributed by atoms with E-state index in [0.29, 0.717) is 25.6 Å². The number of nitrogens with zero attached hydrogens (tertiary/aromatic N) is 3. The highest BCUT2D eigenvalue weighted by molar-refractivity contribution is 5.35. The molecule has 0 aliphatic carbocycles. The first-order valence-corrected chi connectivity index (χ1v) is 6.24. The molecule has 0 aromatic carbocycles. The summed E-state index contributed by atoms with van der Waals surface area (Å²) >= 11 is 0. The molecule has 0 aliphatic rings. The summed E-state index contributed by atoms with van der Waals surface area (Å²) in [7, 11) is 0. The summed E-state index contributed by atoms with van der Waals surface area (Å²) in [5.74, 6) is -3.80. The van der Waals surface area contributed by atoms with Crippen molar-refractivity contribution in [3.05, 3.63) is 41.1 Å². The average molecular weight is 284 g/mol. The summed E-state index contributed by atoms with van der Waals surface area (Å²) in [5.41, 5.74) is 1.98. The Morgan fingerprint density at radius 2 is 1.90 bits per heavy atom. The van der Waals surface area contributed by atoms with Gasteiger partial charge in [-0.2, -0.15) is 14.5 Å². The molecule has 2 heterocycles. The Kier molecular flexibility index (Phi) is 4.26. The summed E-state index contributed by atoms with van der Waals surface area (Å²) in [4.78, 5) is 3.19. The maximum Gasteiger partial charge on any atom is 0.251 e. The molecule has 0 atom stereocenters. The van der Waals surface area contributed by atoms with E-state index in [0.717, 1.165) is 11.4 Å². The van der Waals surface area contributed by atoms with Crippen LogP contribution in [0.5, 0.6) is 0 Å². The topological polar surface area (TPSA) is 42.7 Å². The molecule has 4 nitrogen and oxygen atoms in total. The number of halogens is 3. The van der Waals surface area contributed by atoms with Gasteiger partial charge < -0.3 is 5.32 Å². The van der Waals surface area contributed by atoms with Gasteiger partial charge in [0.05, 0.1) is 5.69 Å². The SMILES string of the molecule is Cc1cc(C)n(CCCNc2nc(F)c(F)cc2F)n1. The Labute approximate surface area is 114 Å². The van der Waals surface area contributed by atoms with E-state index in [1.165, 1.54) is 0 Å². The maximum absolute atomic E-state index is 13.3. The van der Waals surface area contributed by atoms with Gasteiger partial charge in [-0.05, 0) is 26.3 Å². The molecule has 108 valence electrons. The molecule has 0 unspecified atom stereocenters. The van der Waals surface area contributed by atoms with Crippen molar-refractivity contribution in [2.45, 2.75) is 26.8 Å². The lowest BCUT2D eigenvalue weighted by Gasteiger charge is -2.08. The average Bonchev–Trinajstić information content (AvgIpc) is 2.69. The van der Waals surface area contributed by atoms with Gasteiger partial charge in [0.1, 0.15) is 0 Å². The summed E-state index contributed by atoms with van der Waals surface area (Å²) in [6.07, 6.45) is 0.655. The fourth-order valence-corrected chi connectivity index (χ4v) is 1.91. The van der Waals surface area contributed by atoms with Crippen molar-refractivity contribution in [3.63, 3.8) is 0 Å². The van der Waals surface area contributed by atoms with Gasteiger partial charge in [-0.25, -0.2) is 8.78 Å². The minimum atomic E-state index is -1.31. The van der Waals surface area contributed by atoms with Crippen molar-refractivity contribution in [2.24, 2.45) is 0 Å². The number of aryl methyl sites for hydroxylation is 3. The predicted molar refractivity (Wildman–Crippen MR) is 68.9 cm³/mol. The first-order valence-electron chi connectivity index (χ1n) is 6.24. The fourth-order valence-electron chi connectivity index (χ4n) is 1.91. The van der Waals surface area contributed by atoms with Gasteiger partial charge >= 0.3 is 0 Å². The first kappa shape index (κ1) is 14.4. The van der Waals surface area contributed by atoms with E-state index in [-0.39, 0.29) is 5.82 Å². The minimum absolute atomic E-state index is 0.280. The molecule has 7 heteroatoms. The van der Waals surface area contributed by atoms with Crippen LogP contribution in [0.15, 0.2) is 12.1 Å². The molecule has 2 rings (SSSR count). The second-order valence-corrected chi connectivity index (χ2v) is 4.52. The molecule has 0 fully saturated rings. The van der Waals surface area contributed by atoms with Crippen LogP contribution in [-0.4, -0.2) is 21.3 Å². The van der Waals surface area contributed by atoms with Crippen LogP contribution in [0.2, 0.25) is 0 Å². The highest BCUT2D eigenvalue weighted by atomic mass is 19.2. The summed E-state index contributed by atoms with van der Waals surface area (Å²) in [6, 6.07) is 2.44. The quantitative estimate of drug-likeness (QED) is 0.678. The van der Waals surface area contributed by atoms with E-state index in [9.17, 15) is 13.2 Å². The lowest BCUT2D eigenvalue weighted by Crippen LogP contribution is -2.11. The Morgan fingerprint density at radius 1 is 1.15 bits per heavy atom. The van der Waals surface area contributed by atoms with Crippen LogP contribution in [0.25, 0.3) is 0 Å². The lowest BCUT2D eigenvalue weighted by molar-refractivity contribution is 0.466. The van der Waals surface area contributed by atoms with Crippen molar-refractivity contribution in [1.29, 1.82) is 0 Å². The van der Waals surface area contributed by atoms with Crippen LogP contribution < -0.4 is 5.32 Å². The van der Waals surface area contributed by atoms with Gasteiger partial charge in [0.25, 0.3) is 5.95 Å². The number of aromatic nitrogens is 3. The maximum atomic E-state index is 13.3. The highest BCUT2D eigenvalue weighted by Crippen LogP contribution is 2.14. The zero-order chi connectivity index (χ0) is 14.7. The van der Waals surface area contributed by atoms with Crippen molar-refractivity contribution in [3.8, 4) is 0 Å². The number of nitrogens with one attached hydrogen (secondary N) is 1. The van der Waals surface area contributed by atoms with Gasteiger partial charge in [-0.1, -0.05) is 0 Å². The standard InChI is InChI=1S/C13H15F3N4/c1-8-6-9(2)20(19-8)5-3-4-17-13-11(15)7-10(14)12(16)18-13/h6-7H,3-5H2,1-2H3,(H,17,18). The van der Waals surface area contributed by atoms with Gasteiger partial charge in [-0.3, -0.25) is 4.68 Å². The molecule has 0 saturated carbocycles. The Bertz CT molecular complexity index is 610. The summed E-state index contributed by atoms with van der Waals surface area (Å²) in [5, 5.41) is 6.93. The van der Waals surface area contributed by atoms with Crippen molar-refractivity contribution >= 4 is 5.82 Å². The third-order valence-corrected chi connectivity index (χ3v) is 2.83. The molecule has 0 amide bonds. The van der Waals surface area contributed by atoms with Gasteiger partial charge in [0.2, 0.25) is 0 Å². The van der Waals surface area contributed by atoms with E-state index in [4.69, 9.17) is 0 Å². The second-order valence-electron chi connectivity index (χ2n) is 4.52. The summed E-state index contributed by atoms with van der Waals surface area (Å²) < 4.78 is 40.7. The normalized spacial score (nSPS) is 10.8. The molecule has 0 saturated heterocycles. The molecule has 0 radical (unpaired) electrons. The molecule has 1 N–H and O–H groups in total. The van der Waals surface area contributed by atoms with Crippen LogP contribution in [-0.2, 0) is 6.54 Å². The van der Waals surface area contributed by atoms with Gasteiger partial charge in [0.15, 0.2) is 17.5 Å². The van der Waals surface area contributed by atoms with E-state index < -0.39 is 17.6 Å². The van der Waals surface area contributed by atoms with Crippen molar-refractivity contribution < 1.29 is 13.2 Å². The molecule has 0 aliphatic heterocycles. The molecule has 2 aromatic heterocycles. The van der Waals surface area contributed by atoms with Crippen molar-refractivity contribution in [2.75, 3.05) is 11.9 Å². The predicted octanol–water partition coefficient (Wildman–Crippen LogP) is 2.81. The molecular formula is C13H15F3N4. The zero-order valence-corrected chi connectivity index (χ0v) is 11.3. The van der Waals surface area contributed by atoms with E-state index in [1.807, 2.05) is 24.6 Å². The number of hydrogen-bond acceptors (Lipinski definition) is 3. The van der Waals surface area contributed by atoms with Gasteiger partial charge in [-0.15, -0.1) is 0 Å². The number of anilines is 1. The molecule has 20 heavy (non-hydrogen) atoms. The minimum Gasteiger partial charge on any atom is -0.367 e. The van der Waals surface area contributed by atoms with Crippen molar-refractivity contribution in [1.82, 2.24) is 14.8 Å². The highest BCUT2D eigenvalue weighted by Gasteiger charge is 2.11. The van der Waals surface area contributed by atoms with Gasteiger partial charge in [0, 0.05) is 24.8 Å². The van der Waals surface area contributed by atoms with E-state index >= 15 is 0 Å². The largest absolute Gasteiger partial charge is 0.367 e. The van der Waals surface area contributed by atoms with Crippen LogP contribution in [0.1, 0.15) is 17.8 Å². The van der Waals surface area contributed by atoms with Crippen LogP contribution in [0.4, 0.5) is 19.0 Å². The third-order valence-electron chi connectivity index (χ3n) is 2.83. The fraction of sp³-hybridized carbons (Fsp3) is 0.385. The van der Waals surface area contributed by atoms with Crippen LogP contribution in [0, 0.1) is 31.4 Å². The first-order chi connectivity index (χ1) is 9.47. The van der Waals surface area contributed by atoms with Crippen LogP contribution >= 0.6 is 0 Å². The Hall–Kier alpha value is -2.05. The third kappa shape index (κ3) is 3.28. The molecule has 0 spiro atoms. The monoisotopic (exact) mass is 284 g/mol. The molecular weight excluding hydrogens is 269 g/mol. The number of hydrogen-bond donors (Lipinski definition) is 1. The number of pyridine rings is 1. The zero-order valence-electron chi connectivity index (χ0n) is 11.3. The number of rotatable bonds is 5. The smallest absolute Gasteiger partial charge is 0.251 e.